The van der Waals surface area contributed by atoms with Crippen molar-refractivity contribution in [1.82, 2.24) is 4.98 Å². The van der Waals surface area contributed by atoms with Crippen LogP contribution in [-0.4, -0.2) is 37.3 Å². The molecular formula is C26H37NO5. The predicted molar refractivity (Wildman–Crippen MR) is 124 cm³/mol. The summed E-state index contributed by atoms with van der Waals surface area (Å²) in [5.41, 5.74) is 0.154. The molecule has 0 radical (unpaired) electrons. The Kier molecular flexibility index (Phi) is 7.36. The van der Waals surface area contributed by atoms with E-state index in [-0.39, 0.29) is 40.5 Å². The summed E-state index contributed by atoms with van der Waals surface area (Å²) in [6.45, 7) is 7.49. The van der Waals surface area contributed by atoms with Crippen LogP contribution in [0.15, 0.2) is 36.0 Å². The number of rotatable bonds is 7. The fourth-order valence-electron chi connectivity index (χ4n) is 5.82. The summed E-state index contributed by atoms with van der Waals surface area (Å²) in [6.07, 6.45) is 13.1. The van der Waals surface area contributed by atoms with E-state index in [4.69, 9.17) is 0 Å². The molecule has 3 rings (SSSR count). The van der Waals surface area contributed by atoms with Gasteiger partial charge in [0.25, 0.3) is 0 Å². The highest BCUT2D eigenvalue weighted by Crippen LogP contribution is 2.56. The average Bonchev–Trinajstić information content (AvgIpc) is 3.01. The monoisotopic (exact) mass is 443 g/mol. The second-order valence-corrected chi connectivity index (χ2v) is 9.92. The van der Waals surface area contributed by atoms with Gasteiger partial charge in [0.2, 0.25) is 5.88 Å². The summed E-state index contributed by atoms with van der Waals surface area (Å²) in [4.78, 5) is 16.6. The SMILES string of the molecule is CC1=C[C@@H]2C[C@H](C)CC[C@@H]2[C@](C)(C(=O)c2c(O)[nH]c(CO)c2O)[C@@H]1/C=C/C=C/C[C@@H](C)O. The number of aliphatic hydroxyl groups excluding tert-OH is 2. The molecule has 1 aromatic rings. The molecule has 6 atom stereocenters. The zero-order valence-corrected chi connectivity index (χ0v) is 19.5. The van der Waals surface area contributed by atoms with Crippen LogP contribution in [0.1, 0.15) is 69.4 Å². The van der Waals surface area contributed by atoms with Gasteiger partial charge in [0.05, 0.1) is 18.4 Å². The fourth-order valence-corrected chi connectivity index (χ4v) is 5.82. The summed E-state index contributed by atoms with van der Waals surface area (Å²) in [5.74, 6) is -0.338. The molecule has 1 fully saturated rings. The van der Waals surface area contributed by atoms with Crippen molar-refractivity contribution < 1.29 is 25.2 Å². The number of nitrogens with one attached hydrogen (secondary N) is 1. The van der Waals surface area contributed by atoms with Crippen molar-refractivity contribution in [1.29, 1.82) is 0 Å². The molecule has 6 heteroatoms. The van der Waals surface area contributed by atoms with Gasteiger partial charge < -0.3 is 25.4 Å². The Morgan fingerprint density at radius 2 is 2.03 bits per heavy atom. The van der Waals surface area contributed by atoms with Gasteiger partial charge in [-0.05, 0) is 50.9 Å². The summed E-state index contributed by atoms with van der Waals surface area (Å²) < 4.78 is 0. The zero-order chi connectivity index (χ0) is 23.6. The molecule has 0 unspecified atom stereocenters. The third kappa shape index (κ3) is 4.44. The number of fused-ring (bicyclic) bond motifs is 1. The van der Waals surface area contributed by atoms with Gasteiger partial charge in [-0.25, -0.2) is 0 Å². The minimum atomic E-state index is -0.859. The predicted octanol–water partition coefficient (Wildman–Crippen LogP) is 4.62. The number of H-pyrrole nitrogens is 1. The second kappa shape index (κ2) is 9.67. The molecule has 1 aromatic heterocycles. The van der Waals surface area contributed by atoms with Gasteiger partial charge in [-0.3, -0.25) is 4.79 Å². The van der Waals surface area contributed by atoms with Crippen LogP contribution < -0.4 is 0 Å². The standard InChI is InChI=1S/C26H37NO5/c1-15-10-11-20-18(12-15)13-16(2)19(9-7-5-6-8-17(3)29)26(20,4)24(31)22-23(30)21(14-28)27-25(22)32/h5-7,9,13,15,17-20,27-30,32H,8,10-12,14H2,1-4H3/b6-5+,9-7+/t15-,17-,18+,19-,20+,26-/m1/s1. The lowest BCUT2D eigenvalue weighted by molar-refractivity contribution is 0.0326. The van der Waals surface area contributed by atoms with E-state index in [0.29, 0.717) is 12.3 Å². The van der Waals surface area contributed by atoms with Crippen molar-refractivity contribution in [2.75, 3.05) is 0 Å². The number of aromatic nitrogens is 1. The number of allylic oxidation sites excluding steroid dienone is 5. The van der Waals surface area contributed by atoms with Crippen molar-refractivity contribution in [3.8, 4) is 11.6 Å². The minimum Gasteiger partial charge on any atom is -0.505 e. The lowest BCUT2D eigenvalue weighted by Crippen LogP contribution is -2.49. The minimum absolute atomic E-state index is 0.0412. The third-order valence-corrected chi connectivity index (χ3v) is 7.48. The maximum absolute atomic E-state index is 14.0. The normalized spacial score (nSPS) is 31.6. The molecule has 32 heavy (non-hydrogen) atoms. The number of carbonyl (C=O) groups is 1. The first-order valence-electron chi connectivity index (χ1n) is 11.6. The van der Waals surface area contributed by atoms with Crippen LogP contribution in [0.2, 0.25) is 0 Å². The second-order valence-electron chi connectivity index (χ2n) is 9.92. The highest BCUT2D eigenvalue weighted by molar-refractivity contribution is 6.05. The fraction of sp³-hybridized carbons (Fsp3) is 0.577. The lowest BCUT2D eigenvalue weighted by Gasteiger charge is -2.51. The largest absolute Gasteiger partial charge is 0.505 e. The molecule has 2 aliphatic rings. The van der Waals surface area contributed by atoms with Gasteiger partial charge in [0, 0.05) is 11.3 Å². The molecule has 1 saturated carbocycles. The molecule has 6 nitrogen and oxygen atoms in total. The van der Waals surface area contributed by atoms with Crippen LogP contribution in [-0.2, 0) is 6.61 Å². The number of hydrogen-bond donors (Lipinski definition) is 5. The number of Topliss-reactive ketones (excluding diaryl/α,β-unsaturated/α-hetero) is 1. The summed E-state index contributed by atoms with van der Waals surface area (Å²) in [6, 6.07) is 0. The van der Waals surface area contributed by atoms with Crippen LogP contribution in [0, 0.1) is 29.1 Å². The molecule has 0 aromatic carbocycles. The Morgan fingerprint density at radius 3 is 2.66 bits per heavy atom. The van der Waals surface area contributed by atoms with E-state index in [9.17, 15) is 25.2 Å². The van der Waals surface area contributed by atoms with Crippen LogP contribution in [0.3, 0.4) is 0 Å². The first kappa shape index (κ1) is 24.3. The highest BCUT2D eigenvalue weighted by atomic mass is 16.3. The van der Waals surface area contributed by atoms with Crippen LogP contribution >= 0.6 is 0 Å². The summed E-state index contributed by atoms with van der Waals surface area (Å²) in [7, 11) is 0. The average molecular weight is 444 g/mol. The molecular weight excluding hydrogens is 406 g/mol. The molecule has 1 heterocycles. The van der Waals surface area contributed by atoms with Gasteiger partial charge >= 0.3 is 0 Å². The van der Waals surface area contributed by atoms with Crippen LogP contribution in [0.25, 0.3) is 0 Å². The van der Waals surface area contributed by atoms with Crippen molar-refractivity contribution >= 4 is 5.78 Å². The first-order chi connectivity index (χ1) is 15.1. The molecule has 5 N–H and O–H groups in total. The lowest BCUT2D eigenvalue weighted by atomic mass is 9.51. The van der Waals surface area contributed by atoms with E-state index in [1.807, 2.05) is 38.2 Å². The topological polar surface area (TPSA) is 114 Å². The Bertz CT molecular complexity index is 925. The zero-order valence-electron chi connectivity index (χ0n) is 19.5. The number of aliphatic hydroxyl groups is 2. The molecule has 0 bridgehead atoms. The van der Waals surface area contributed by atoms with Gasteiger partial charge in [-0.15, -0.1) is 0 Å². The van der Waals surface area contributed by atoms with Gasteiger partial charge in [-0.2, -0.15) is 0 Å². The molecule has 0 aliphatic heterocycles. The highest BCUT2D eigenvalue weighted by Gasteiger charge is 2.54. The summed E-state index contributed by atoms with van der Waals surface area (Å²) in [5, 5.41) is 39.9. The van der Waals surface area contributed by atoms with Crippen molar-refractivity contribution in [2.45, 2.75) is 66.1 Å². The van der Waals surface area contributed by atoms with Gasteiger partial charge in [-0.1, -0.05) is 56.2 Å². The van der Waals surface area contributed by atoms with Crippen molar-refractivity contribution in [2.24, 2.45) is 29.1 Å². The Labute approximate surface area is 190 Å². The molecule has 0 spiro atoms. The number of hydrogen-bond acceptors (Lipinski definition) is 5. The van der Waals surface area contributed by atoms with Gasteiger partial charge in [0.1, 0.15) is 5.56 Å². The third-order valence-electron chi connectivity index (χ3n) is 7.48. The van der Waals surface area contributed by atoms with E-state index >= 15 is 0 Å². The number of aromatic amines is 1. The van der Waals surface area contributed by atoms with Crippen LogP contribution in [0.5, 0.6) is 11.6 Å². The Morgan fingerprint density at radius 1 is 1.31 bits per heavy atom. The van der Waals surface area contributed by atoms with E-state index in [2.05, 4.69) is 18.0 Å². The molecule has 0 amide bonds. The quantitative estimate of drug-likeness (QED) is 0.240. The van der Waals surface area contributed by atoms with E-state index in [1.165, 1.54) is 0 Å². The molecule has 176 valence electrons. The van der Waals surface area contributed by atoms with E-state index in [0.717, 1.165) is 24.8 Å². The maximum atomic E-state index is 14.0. The number of aromatic hydroxyl groups is 2. The van der Waals surface area contributed by atoms with Crippen LogP contribution in [0.4, 0.5) is 0 Å². The van der Waals surface area contributed by atoms with Gasteiger partial charge in [0.15, 0.2) is 11.5 Å². The summed E-state index contributed by atoms with van der Waals surface area (Å²) >= 11 is 0. The first-order valence-corrected chi connectivity index (χ1v) is 11.6. The molecule has 0 saturated heterocycles. The maximum Gasteiger partial charge on any atom is 0.203 e. The van der Waals surface area contributed by atoms with Crippen molar-refractivity contribution in [3.05, 3.63) is 47.2 Å². The Balaban J connectivity index is 2.06. The smallest absolute Gasteiger partial charge is 0.203 e. The van der Waals surface area contributed by atoms with Crippen molar-refractivity contribution in [3.63, 3.8) is 0 Å². The number of ketones is 1. The Hall–Kier alpha value is -2.31. The van der Waals surface area contributed by atoms with E-state index in [1.54, 1.807) is 6.92 Å². The van der Waals surface area contributed by atoms with E-state index < -0.39 is 24.0 Å². The number of carbonyl (C=O) groups excluding carboxylic acids is 1. The molecule has 2 aliphatic carbocycles.